The molecule has 0 saturated heterocycles. The highest BCUT2D eigenvalue weighted by molar-refractivity contribution is 5.32. The fraction of sp³-hybridized carbons (Fsp3) is 0.250. The maximum atomic E-state index is 10.3. The van der Waals surface area contributed by atoms with Gasteiger partial charge in [-0.05, 0) is 5.56 Å². The fourth-order valence-corrected chi connectivity index (χ4v) is 0.995. The van der Waals surface area contributed by atoms with E-state index >= 15 is 0 Å². The molecule has 0 saturated carbocycles. The van der Waals surface area contributed by atoms with Crippen molar-refractivity contribution in [1.29, 1.82) is 0 Å². The highest BCUT2D eigenvalue weighted by atomic mass is 16.6. The van der Waals surface area contributed by atoms with Gasteiger partial charge in [-0.15, -0.1) is 0 Å². The number of benzene rings is 1. The predicted octanol–water partition coefficient (Wildman–Crippen LogP) is 0.414. The summed E-state index contributed by atoms with van der Waals surface area (Å²) >= 11 is 0. The van der Waals surface area contributed by atoms with Crippen LogP contribution in [0.4, 0.5) is 5.69 Å². The number of hydrogen-bond acceptors (Lipinski definition) is 4. The Balaban J connectivity index is 2.75. The van der Waals surface area contributed by atoms with E-state index in [-0.39, 0.29) is 5.69 Å². The van der Waals surface area contributed by atoms with E-state index in [0.717, 1.165) is 5.56 Å². The van der Waals surface area contributed by atoms with Gasteiger partial charge in [0.1, 0.15) is 6.23 Å². The topological polar surface area (TPSA) is 89.4 Å². The van der Waals surface area contributed by atoms with Gasteiger partial charge in [-0.2, -0.15) is 0 Å². The van der Waals surface area contributed by atoms with Crippen LogP contribution in [0.5, 0.6) is 0 Å². The minimum atomic E-state index is -0.915. The monoisotopic (exact) mass is 182 g/mol. The van der Waals surface area contributed by atoms with Gasteiger partial charge in [0.05, 0.1) is 4.92 Å². The first-order valence-electron chi connectivity index (χ1n) is 3.76. The Morgan fingerprint density at radius 2 is 2.00 bits per heavy atom. The van der Waals surface area contributed by atoms with Gasteiger partial charge in [0.2, 0.25) is 0 Å². The fourth-order valence-electron chi connectivity index (χ4n) is 0.995. The minimum absolute atomic E-state index is 0.0373. The summed E-state index contributed by atoms with van der Waals surface area (Å²) in [5.41, 5.74) is 5.96. The van der Waals surface area contributed by atoms with Crippen LogP contribution in [0.3, 0.4) is 0 Å². The van der Waals surface area contributed by atoms with Crippen LogP contribution in [-0.4, -0.2) is 16.3 Å². The van der Waals surface area contributed by atoms with Crippen molar-refractivity contribution in [3.63, 3.8) is 0 Å². The van der Waals surface area contributed by atoms with E-state index in [1.54, 1.807) is 12.1 Å². The molecule has 1 aromatic rings. The Labute approximate surface area is 74.9 Å². The van der Waals surface area contributed by atoms with Gasteiger partial charge in [-0.1, -0.05) is 12.1 Å². The first-order chi connectivity index (χ1) is 6.09. The lowest BCUT2D eigenvalue weighted by atomic mass is 10.1. The lowest BCUT2D eigenvalue weighted by Gasteiger charge is -2.02. The van der Waals surface area contributed by atoms with Gasteiger partial charge >= 0.3 is 0 Å². The van der Waals surface area contributed by atoms with Crippen LogP contribution < -0.4 is 5.73 Å². The largest absolute Gasteiger partial charge is 0.378 e. The van der Waals surface area contributed by atoms with E-state index in [1.807, 2.05) is 0 Å². The lowest BCUT2D eigenvalue weighted by molar-refractivity contribution is -0.384. The third-order valence-electron chi connectivity index (χ3n) is 1.59. The summed E-state index contributed by atoms with van der Waals surface area (Å²) in [5.74, 6) is 0. The number of nitrogens with zero attached hydrogens (tertiary/aromatic N) is 1. The number of nitrogens with two attached hydrogens (primary N) is 1. The molecule has 1 aromatic carbocycles. The highest BCUT2D eigenvalue weighted by Crippen LogP contribution is 2.12. The minimum Gasteiger partial charge on any atom is -0.378 e. The second kappa shape index (κ2) is 3.97. The number of non-ortho nitro benzene ring substituents is 1. The zero-order valence-corrected chi connectivity index (χ0v) is 6.88. The SMILES string of the molecule is NC(O)Cc1ccc([N+](=O)[O-])cc1. The van der Waals surface area contributed by atoms with Gasteiger partial charge in [0, 0.05) is 18.6 Å². The molecule has 0 spiro atoms. The highest BCUT2D eigenvalue weighted by Gasteiger charge is 2.04. The van der Waals surface area contributed by atoms with Crippen LogP contribution in [0.2, 0.25) is 0 Å². The van der Waals surface area contributed by atoms with Crippen molar-refractivity contribution in [3.05, 3.63) is 39.9 Å². The first kappa shape index (κ1) is 9.63. The number of rotatable bonds is 3. The van der Waals surface area contributed by atoms with Crippen molar-refractivity contribution in [2.75, 3.05) is 0 Å². The number of aliphatic hydroxyl groups is 1. The van der Waals surface area contributed by atoms with Crippen molar-refractivity contribution in [2.45, 2.75) is 12.6 Å². The van der Waals surface area contributed by atoms with Crippen LogP contribution in [0.1, 0.15) is 5.56 Å². The van der Waals surface area contributed by atoms with Crippen molar-refractivity contribution in [3.8, 4) is 0 Å². The van der Waals surface area contributed by atoms with Crippen molar-refractivity contribution in [1.82, 2.24) is 0 Å². The summed E-state index contributed by atoms with van der Waals surface area (Å²) in [6, 6.07) is 5.93. The van der Waals surface area contributed by atoms with Crippen LogP contribution >= 0.6 is 0 Å². The van der Waals surface area contributed by atoms with E-state index in [0.29, 0.717) is 6.42 Å². The summed E-state index contributed by atoms with van der Waals surface area (Å²) in [6.45, 7) is 0. The van der Waals surface area contributed by atoms with E-state index < -0.39 is 11.2 Å². The van der Waals surface area contributed by atoms with E-state index in [9.17, 15) is 10.1 Å². The molecule has 0 aliphatic carbocycles. The van der Waals surface area contributed by atoms with Crippen molar-refractivity contribution in [2.24, 2.45) is 5.73 Å². The Hall–Kier alpha value is -1.46. The number of nitro groups is 1. The molecule has 1 atom stereocenters. The molecule has 5 nitrogen and oxygen atoms in total. The lowest BCUT2D eigenvalue weighted by Crippen LogP contribution is -2.21. The van der Waals surface area contributed by atoms with Gasteiger partial charge in [-0.25, -0.2) is 0 Å². The molecule has 3 N–H and O–H groups in total. The summed E-state index contributed by atoms with van der Waals surface area (Å²) in [4.78, 5) is 9.80. The number of nitro benzene ring substituents is 1. The van der Waals surface area contributed by atoms with Crippen molar-refractivity contribution < 1.29 is 10.0 Å². The number of hydrogen-bond donors (Lipinski definition) is 2. The Bertz CT molecular complexity index is 295. The third kappa shape index (κ3) is 2.81. The van der Waals surface area contributed by atoms with Gasteiger partial charge < -0.3 is 10.8 Å². The summed E-state index contributed by atoms with van der Waals surface area (Å²) < 4.78 is 0. The van der Waals surface area contributed by atoms with Gasteiger partial charge in [0.15, 0.2) is 0 Å². The molecule has 0 bridgehead atoms. The summed E-state index contributed by atoms with van der Waals surface area (Å²) in [7, 11) is 0. The molecular weight excluding hydrogens is 172 g/mol. The molecule has 0 aromatic heterocycles. The molecule has 0 fully saturated rings. The summed E-state index contributed by atoms with van der Waals surface area (Å²) in [5, 5.41) is 19.1. The molecule has 70 valence electrons. The second-order valence-corrected chi connectivity index (χ2v) is 2.70. The molecule has 5 heteroatoms. The molecule has 0 heterocycles. The van der Waals surface area contributed by atoms with Crippen molar-refractivity contribution >= 4 is 5.69 Å². The Kier molecular flexibility index (Phi) is 2.94. The predicted molar refractivity (Wildman–Crippen MR) is 47.0 cm³/mol. The molecule has 0 aliphatic rings. The van der Waals surface area contributed by atoms with Crippen LogP contribution in [-0.2, 0) is 6.42 Å². The third-order valence-corrected chi connectivity index (χ3v) is 1.59. The molecule has 13 heavy (non-hydrogen) atoms. The zero-order valence-electron chi connectivity index (χ0n) is 6.88. The zero-order chi connectivity index (χ0) is 9.84. The standard InChI is InChI=1S/C8H10N2O3/c9-8(11)5-6-1-3-7(4-2-6)10(12)13/h1-4,8,11H,5,9H2. The Morgan fingerprint density at radius 3 is 2.38 bits per heavy atom. The average Bonchev–Trinajstić information content (AvgIpc) is 2.04. The van der Waals surface area contributed by atoms with E-state index in [2.05, 4.69) is 0 Å². The van der Waals surface area contributed by atoms with Gasteiger partial charge in [0.25, 0.3) is 5.69 Å². The average molecular weight is 182 g/mol. The normalized spacial score (nSPS) is 12.5. The van der Waals surface area contributed by atoms with Crippen LogP contribution in [0.25, 0.3) is 0 Å². The maximum Gasteiger partial charge on any atom is 0.269 e. The molecule has 0 amide bonds. The molecular formula is C8H10N2O3. The molecule has 1 unspecified atom stereocenters. The van der Waals surface area contributed by atoms with Crippen LogP contribution in [0, 0.1) is 10.1 Å². The molecule has 0 aliphatic heterocycles. The number of aliphatic hydroxyl groups excluding tert-OH is 1. The van der Waals surface area contributed by atoms with E-state index in [1.165, 1.54) is 12.1 Å². The van der Waals surface area contributed by atoms with Crippen LogP contribution in [0.15, 0.2) is 24.3 Å². The molecule has 0 radical (unpaired) electrons. The van der Waals surface area contributed by atoms with Gasteiger partial charge in [-0.3, -0.25) is 10.1 Å². The smallest absolute Gasteiger partial charge is 0.269 e. The Morgan fingerprint density at radius 1 is 1.46 bits per heavy atom. The quantitative estimate of drug-likeness (QED) is 0.402. The molecule has 1 rings (SSSR count). The maximum absolute atomic E-state index is 10.3. The summed E-state index contributed by atoms with van der Waals surface area (Å²) in [6.07, 6.45) is -0.612. The first-order valence-corrected chi connectivity index (χ1v) is 3.76. The van der Waals surface area contributed by atoms with E-state index in [4.69, 9.17) is 10.8 Å². The second-order valence-electron chi connectivity index (χ2n) is 2.70.